The molecule has 108 valence electrons. The second-order valence-electron chi connectivity index (χ2n) is 4.88. The molecule has 0 saturated heterocycles. The predicted molar refractivity (Wildman–Crippen MR) is 85.8 cm³/mol. The van der Waals surface area contributed by atoms with Gasteiger partial charge in [0.15, 0.2) is 0 Å². The maximum absolute atomic E-state index is 12.4. The van der Waals surface area contributed by atoms with E-state index in [9.17, 15) is 4.79 Å². The van der Waals surface area contributed by atoms with Crippen molar-refractivity contribution in [2.75, 3.05) is 10.2 Å². The SMILES string of the molecule is CC[C@H]1C(=S)Nc2ccc(Cl)cc2N1C(=O)OC(C)C. The Labute approximate surface area is 129 Å². The third kappa shape index (κ3) is 2.88. The Morgan fingerprint density at radius 3 is 2.85 bits per heavy atom. The van der Waals surface area contributed by atoms with Crippen molar-refractivity contribution in [3.8, 4) is 0 Å². The van der Waals surface area contributed by atoms with Gasteiger partial charge in [-0.25, -0.2) is 4.79 Å². The van der Waals surface area contributed by atoms with E-state index in [0.29, 0.717) is 22.1 Å². The monoisotopic (exact) mass is 312 g/mol. The van der Waals surface area contributed by atoms with Crippen LogP contribution in [0.25, 0.3) is 0 Å². The van der Waals surface area contributed by atoms with Gasteiger partial charge in [0, 0.05) is 5.02 Å². The highest BCUT2D eigenvalue weighted by molar-refractivity contribution is 7.80. The molecular formula is C14H17ClN2O2S. The quantitative estimate of drug-likeness (QED) is 0.830. The average molecular weight is 313 g/mol. The largest absolute Gasteiger partial charge is 0.446 e. The minimum atomic E-state index is -0.404. The molecule has 0 saturated carbocycles. The van der Waals surface area contributed by atoms with E-state index in [4.69, 9.17) is 28.6 Å². The van der Waals surface area contributed by atoms with E-state index in [-0.39, 0.29) is 12.1 Å². The number of hydrogen-bond donors (Lipinski definition) is 1. The highest BCUT2D eigenvalue weighted by Gasteiger charge is 2.35. The molecule has 1 N–H and O–H groups in total. The molecule has 1 aliphatic heterocycles. The Kier molecular flexibility index (Phi) is 4.50. The molecule has 1 aromatic carbocycles. The lowest BCUT2D eigenvalue weighted by Crippen LogP contribution is -2.50. The van der Waals surface area contributed by atoms with Gasteiger partial charge < -0.3 is 10.1 Å². The third-order valence-corrected chi connectivity index (χ3v) is 3.62. The molecule has 1 aliphatic rings. The molecular weight excluding hydrogens is 296 g/mol. The van der Waals surface area contributed by atoms with Gasteiger partial charge in [0.2, 0.25) is 0 Å². The summed E-state index contributed by atoms with van der Waals surface area (Å²) in [4.78, 5) is 14.6. The van der Waals surface area contributed by atoms with Crippen molar-refractivity contribution in [3.05, 3.63) is 23.2 Å². The van der Waals surface area contributed by atoms with Gasteiger partial charge in [-0.2, -0.15) is 0 Å². The van der Waals surface area contributed by atoms with Crippen molar-refractivity contribution in [2.45, 2.75) is 39.3 Å². The second kappa shape index (κ2) is 5.97. The van der Waals surface area contributed by atoms with Crippen molar-refractivity contribution in [1.29, 1.82) is 0 Å². The van der Waals surface area contributed by atoms with Gasteiger partial charge >= 0.3 is 6.09 Å². The lowest BCUT2D eigenvalue weighted by molar-refractivity contribution is 0.121. The number of amides is 1. The first kappa shape index (κ1) is 15.1. The summed E-state index contributed by atoms with van der Waals surface area (Å²) in [5.74, 6) is 0. The summed E-state index contributed by atoms with van der Waals surface area (Å²) in [5.41, 5.74) is 1.47. The van der Waals surface area contributed by atoms with Crippen molar-refractivity contribution < 1.29 is 9.53 Å². The van der Waals surface area contributed by atoms with Gasteiger partial charge in [0.25, 0.3) is 0 Å². The van der Waals surface area contributed by atoms with Crippen LogP contribution in [0.4, 0.5) is 16.2 Å². The number of carbonyl (C=O) groups excluding carboxylic acids is 1. The summed E-state index contributed by atoms with van der Waals surface area (Å²) >= 11 is 11.4. The summed E-state index contributed by atoms with van der Waals surface area (Å²) in [6, 6.07) is 5.09. The summed E-state index contributed by atoms with van der Waals surface area (Å²) in [6.07, 6.45) is 0.107. The highest BCUT2D eigenvalue weighted by Crippen LogP contribution is 2.36. The zero-order valence-electron chi connectivity index (χ0n) is 11.6. The smallest absolute Gasteiger partial charge is 0.415 e. The summed E-state index contributed by atoms with van der Waals surface area (Å²) in [7, 11) is 0. The van der Waals surface area contributed by atoms with E-state index >= 15 is 0 Å². The molecule has 1 aromatic rings. The maximum Gasteiger partial charge on any atom is 0.415 e. The zero-order chi connectivity index (χ0) is 14.9. The lowest BCUT2D eigenvalue weighted by atomic mass is 10.1. The fourth-order valence-electron chi connectivity index (χ4n) is 2.16. The molecule has 6 heteroatoms. The molecule has 1 atom stereocenters. The Morgan fingerprint density at radius 2 is 2.25 bits per heavy atom. The van der Waals surface area contributed by atoms with Crippen LogP contribution in [-0.4, -0.2) is 23.2 Å². The number of halogens is 1. The number of nitrogens with zero attached hydrogens (tertiary/aromatic N) is 1. The fraction of sp³-hybridized carbons (Fsp3) is 0.429. The van der Waals surface area contributed by atoms with E-state index in [1.165, 1.54) is 0 Å². The normalized spacial score (nSPS) is 17.8. The highest BCUT2D eigenvalue weighted by atomic mass is 35.5. The van der Waals surface area contributed by atoms with E-state index in [1.807, 2.05) is 26.8 Å². The predicted octanol–water partition coefficient (Wildman–Crippen LogP) is 4.22. The molecule has 0 fully saturated rings. The zero-order valence-corrected chi connectivity index (χ0v) is 13.2. The first-order valence-corrected chi connectivity index (χ1v) is 7.33. The lowest BCUT2D eigenvalue weighted by Gasteiger charge is -2.37. The second-order valence-corrected chi connectivity index (χ2v) is 5.75. The number of thiocarbonyl (C=S) groups is 1. The number of rotatable bonds is 2. The van der Waals surface area contributed by atoms with E-state index in [2.05, 4.69) is 5.32 Å². The molecule has 0 aliphatic carbocycles. The molecule has 1 amide bonds. The molecule has 2 rings (SSSR count). The summed E-state index contributed by atoms with van der Waals surface area (Å²) in [6.45, 7) is 5.61. The Balaban J connectivity index is 2.46. The molecule has 4 nitrogen and oxygen atoms in total. The van der Waals surface area contributed by atoms with Crippen molar-refractivity contribution in [3.63, 3.8) is 0 Å². The van der Waals surface area contributed by atoms with Gasteiger partial charge in [-0.3, -0.25) is 4.90 Å². The maximum atomic E-state index is 12.4. The standard InChI is InChI=1S/C14H17ClN2O2S/c1-4-11-13(20)16-10-6-5-9(15)7-12(10)17(11)14(18)19-8(2)3/h5-8,11H,4H2,1-3H3,(H,16,20)/t11-/m0/s1. The van der Waals surface area contributed by atoms with Crippen LogP contribution >= 0.6 is 23.8 Å². The first-order valence-electron chi connectivity index (χ1n) is 6.54. The van der Waals surface area contributed by atoms with Crippen molar-refractivity contribution in [1.82, 2.24) is 0 Å². The molecule has 0 bridgehead atoms. The van der Waals surface area contributed by atoms with Crippen LogP contribution in [0.3, 0.4) is 0 Å². The topological polar surface area (TPSA) is 41.6 Å². The van der Waals surface area contributed by atoms with Gasteiger partial charge in [0.1, 0.15) is 4.99 Å². The molecule has 1 heterocycles. The number of benzene rings is 1. The number of ether oxygens (including phenoxy) is 1. The average Bonchev–Trinajstić information content (AvgIpc) is 2.36. The number of hydrogen-bond acceptors (Lipinski definition) is 3. The van der Waals surface area contributed by atoms with Crippen molar-refractivity contribution >= 4 is 46.3 Å². The van der Waals surface area contributed by atoms with E-state index in [0.717, 1.165) is 5.69 Å². The van der Waals surface area contributed by atoms with Gasteiger partial charge in [-0.1, -0.05) is 30.7 Å². The first-order chi connectivity index (χ1) is 9.43. The fourth-order valence-corrected chi connectivity index (χ4v) is 2.71. The van der Waals surface area contributed by atoms with Crippen LogP contribution in [0.2, 0.25) is 5.02 Å². The number of anilines is 2. The molecule has 0 spiro atoms. The van der Waals surface area contributed by atoms with E-state index in [1.54, 1.807) is 17.0 Å². The summed E-state index contributed by atoms with van der Waals surface area (Å²) in [5, 5.41) is 3.71. The van der Waals surface area contributed by atoms with Gasteiger partial charge in [-0.15, -0.1) is 0 Å². The van der Waals surface area contributed by atoms with Crippen molar-refractivity contribution in [2.24, 2.45) is 0 Å². The Bertz CT molecular complexity index is 548. The Morgan fingerprint density at radius 1 is 1.55 bits per heavy atom. The van der Waals surface area contributed by atoms with Crippen LogP contribution in [0.5, 0.6) is 0 Å². The summed E-state index contributed by atoms with van der Waals surface area (Å²) < 4.78 is 5.32. The third-order valence-electron chi connectivity index (χ3n) is 3.01. The van der Waals surface area contributed by atoms with Gasteiger partial charge in [0.05, 0.1) is 23.5 Å². The van der Waals surface area contributed by atoms with Crippen LogP contribution in [0, 0.1) is 0 Å². The molecule has 0 aromatic heterocycles. The van der Waals surface area contributed by atoms with E-state index < -0.39 is 6.09 Å². The number of fused-ring (bicyclic) bond motifs is 1. The molecule has 0 unspecified atom stereocenters. The molecule has 20 heavy (non-hydrogen) atoms. The van der Waals surface area contributed by atoms with Crippen LogP contribution in [-0.2, 0) is 4.74 Å². The molecule has 0 radical (unpaired) electrons. The van der Waals surface area contributed by atoms with Crippen LogP contribution < -0.4 is 10.2 Å². The minimum absolute atomic E-state index is 0.189. The van der Waals surface area contributed by atoms with Crippen LogP contribution in [0.15, 0.2) is 18.2 Å². The number of carbonyl (C=O) groups is 1. The Hall–Kier alpha value is -1.33. The van der Waals surface area contributed by atoms with Crippen LogP contribution in [0.1, 0.15) is 27.2 Å². The van der Waals surface area contributed by atoms with Gasteiger partial charge in [-0.05, 0) is 38.5 Å². The number of nitrogens with one attached hydrogen (secondary N) is 1. The minimum Gasteiger partial charge on any atom is -0.446 e.